The summed E-state index contributed by atoms with van der Waals surface area (Å²) < 4.78 is 6.61. The summed E-state index contributed by atoms with van der Waals surface area (Å²) in [5.41, 5.74) is 1.76. The minimum atomic E-state index is 0.291. The zero-order valence-corrected chi connectivity index (χ0v) is 14.9. The highest BCUT2D eigenvalue weighted by molar-refractivity contribution is 5.16. The summed E-state index contributed by atoms with van der Waals surface area (Å²) in [5, 5.41) is 0. The van der Waals surface area contributed by atoms with Crippen LogP contribution in [0.3, 0.4) is 0 Å². The molecule has 0 amide bonds. The third-order valence-corrected chi connectivity index (χ3v) is 6.74. The molecule has 0 unspecified atom stereocenters. The Bertz CT molecular complexity index is 540. The van der Waals surface area contributed by atoms with Crippen LogP contribution in [0.25, 0.3) is 0 Å². The molecule has 1 saturated carbocycles. The smallest absolute Gasteiger partial charge is 0.111 e. The Hall–Kier alpha value is -0.860. The molecular formula is C21H31NO. The molecule has 0 spiro atoms. The first kappa shape index (κ1) is 15.7. The molecule has 1 aromatic carbocycles. The van der Waals surface area contributed by atoms with Gasteiger partial charge >= 0.3 is 0 Å². The molecule has 3 aliphatic rings. The molecule has 23 heavy (non-hydrogen) atoms. The molecule has 2 saturated heterocycles. The molecule has 1 aromatic rings. The fourth-order valence-corrected chi connectivity index (χ4v) is 5.42. The van der Waals surface area contributed by atoms with Crippen molar-refractivity contribution in [3.63, 3.8) is 0 Å². The van der Waals surface area contributed by atoms with Crippen LogP contribution in [0.1, 0.15) is 52.0 Å². The highest BCUT2D eigenvalue weighted by Crippen LogP contribution is 2.48. The molecule has 126 valence electrons. The Kier molecular flexibility index (Phi) is 4.01. The van der Waals surface area contributed by atoms with E-state index in [2.05, 4.69) is 56.0 Å². The van der Waals surface area contributed by atoms with E-state index in [1.165, 1.54) is 44.2 Å². The third kappa shape index (κ3) is 2.85. The van der Waals surface area contributed by atoms with E-state index in [0.717, 1.165) is 11.8 Å². The number of hydrogen-bond donors (Lipinski definition) is 0. The lowest BCUT2D eigenvalue weighted by Crippen LogP contribution is -2.62. The largest absolute Gasteiger partial charge is 0.360 e. The molecule has 5 atom stereocenters. The van der Waals surface area contributed by atoms with Crippen molar-refractivity contribution in [3.8, 4) is 0 Å². The number of ether oxygens (including phenoxy) is 1. The van der Waals surface area contributed by atoms with Gasteiger partial charge in [-0.1, -0.05) is 43.7 Å². The highest BCUT2D eigenvalue weighted by Gasteiger charge is 2.53. The fraction of sp³-hybridized carbons (Fsp3) is 0.714. The first-order chi connectivity index (χ1) is 11.0. The SMILES string of the molecule is C[C@@H]1CC[C@@H]2[C@@H](C1)O[C@H]1C[C@H](Cc3ccccc3)CN1C2(C)C. The van der Waals surface area contributed by atoms with Crippen LogP contribution >= 0.6 is 0 Å². The number of nitrogens with zero attached hydrogens (tertiary/aromatic N) is 1. The summed E-state index contributed by atoms with van der Waals surface area (Å²) in [7, 11) is 0. The third-order valence-electron chi connectivity index (χ3n) is 6.74. The Morgan fingerprint density at radius 1 is 1.13 bits per heavy atom. The predicted molar refractivity (Wildman–Crippen MR) is 94.2 cm³/mol. The van der Waals surface area contributed by atoms with E-state index < -0.39 is 0 Å². The van der Waals surface area contributed by atoms with Gasteiger partial charge in [-0.2, -0.15) is 0 Å². The highest BCUT2D eigenvalue weighted by atomic mass is 16.5. The van der Waals surface area contributed by atoms with E-state index >= 15 is 0 Å². The second-order valence-electron chi connectivity index (χ2n) is 8.75. The molecule has 2 nitrogen and oxygen atoms in total. The van der Waals surface area contributed by atoms with E-state index in [0.29, 0.717) is 23.8 Å². The number of fused-ring (bicyclic) bond motifs is 2. The van der Waals surface area contributed by atoms with Gasteiger partial charge in [-0.05, 0) is 56.9 Å². The predicted octanol–water partition coefficient (Wildman–Crippen LogP) is 4.49. The van der Waals surface area contributed by atoms with Crippen LogP contribution in [0, 0.1) is 17.8 Å². The zero-order valence-electron chi connectivity index (χ0n) is 14.9. The van der Waals surface area contributed by atoms with Crippen molar-refractivity contribution in [3.05, 3.63) is 35.9 Å². The molecule has 2 heteroatoms. The van der Waals surface area contributed by atoms with Gasteiger partial charge < -0.3 is 4.74 Å². The van der Waals surface area contributed by atoms with Gasteiger partial charge in [0.2, 0.25) is 0 Å². The zero-order chi connectivity index (χ0) is 16.0. The second kappa shape index (κ2) is 5.89. The maximum atomic E-state index is 6.61. The number of hydrogen-bond acceptors (Lipinski definition) is 2. The minimum Gasteiger partial charge on any atom is -0.360 e. The van der Waals surface area contributed by atoms with Gasteiger partial charge in [-0.25, -0.2) is 0 Å². The quantitative estimate of drug-likeness (QED) is 0.797. The van der Waals surface area contributed by atoms with E-state index in [9.17, 15) is 0 Å². The molecule has 3 fully saturated rings. The van der Waals surface area contributed by atoms with Crippen LogP contribution in [0.2, 0.25) is 0 Å². The van der Waals surface area contributed by atoms with Crippen LogP contribution < -0.4 is 0 Å². The molecule has 1 aliphatic carbocycles. The van der Waals surface area contributed by atoms with E-state index in [1.54, 1.807) is 0 Å². The van der Waals surface area contributed by atoms with E-state index in [1.807, 2.05) is 0 Å². The van der Waals surface area contributed by atoms with Gasteiger partial charge in [0.05, 0.1) is 6.10 Å². The molecule has 4 rings (SSSR count). The van der Waals surface area contributed by atoms with Crippen molar-refractivity contribution in [1.29, 1.82) is 0 Å². The van der Waals surface area contributed by atoms with Gasteiger partial charge in [-0.3, -0.25) is 4.90 Å². The normalized spacial score (nSPS) is 39.7. The molecule has 2 heterocycles. The Labute approximate surface area is 141 Å². The molecule has 2 aliphatic heterocycles. The van der Waals surface area contributed by atoms with Crippen molar-refractivity contribution in [2.75, 3.05) is 6.54 Å². The first-order valence-electron chi connectivity index (χ1n) is 9.50. The Balaban J connectivity index is 1.49. The van der Waals surface area contributed by atoms with Crippen molar-refractivity contribution in [1.82, 2.24) is 4.90 Å². The monoisotopic (exact) mass is 313 g/mol. The molecule has 0 aromatic heterocycles. The topological polar surface area (TPSA) is 12.5 Å². The van der Waals surface area contributed by atoms with E-state index in [-0.39, 0.29) is 0 Å². The summed E-state index contributed by atoms with van der Waals surface area (Å²) in [6.07, 6.45) is 7.22. The van der Waals surface area contributed by atoms with Gasteiger partial charge in [0.1, 0.15) is 6.23 Å². The van der Waals surface area contributed by atoms with Gasteiger partial charge in [0, 0.05) is 18.0 Å². The van der Waals surface area contributed by atoms with Crippen LogP contribution in [-0.2, 0) is 11.2 Å². The Morgan fingerprint density at radius 2 is 1.91 bits per heavy atom. The summed E-state index contributed by atoms with van der Waals surface area (Å²) in [6.45, 7) is 8.54. The lowest BCUT2D eigenvalue weighted by Gasteiger charge is -2.55. The number of benzene rings is 1. The van der Waals surface area contributed by atoms with Gasteiger partial charge in [0.25, 0.3) is 0 Å². The lowest BCUT2D eigenvalue weighted by molar-refractivity contribution is -0.217. The van der Waals surface area contributed by atoms with Crippen LogP contribution in [0.4, 0.5) is 0 Å². The maximum absolute atomic E-state index is 6.61. The lowest BCUT2D eigenvalue weighted by atomic mass is 9.70. The summed E-state index contributed by atoms with van der Waals surface area (Å²) in [4.78, 5) is 2.69. The van der Waals surface area contributed by atoms with Crippen LogP contribution in [-0.4, -0.2) is 29.3 Å². The minimum absolute atomic E-state index is 0.291. The average Bonchev–Trinajstić information content (AvgIpc) is 2.91. The summed E-state index contributed by atoms with van der Waals surface area (Å²) >= 11 is 0. The summed E-state index contributed by atoms with van der Waals surface area (Å²) in [6, 6.07) is 11.0. The molecule has 0 N–H and O–H groups in total. The average molecular weight is 313 g/mol. The second-order valence-corrected chi connectivity index (χ2v) is 8.75. The van der Waals surface area contributed by atoms with Gasteiger partial charge in [0.15, 0.2) is 0 Å². The molecular weight excluding hydrogens is 282 g/mol. The van der Waals surface area contributed by atoms with Crippen molar-refractivity contribution in [2.24, 2.45) is 17.8 Å². The van der Waals surface area contributed by atoms with Crippen molar-refractivity contribution >= 4 is 0 Å². The Morgan fingerprint density at radius 3 is 2.70 bits per heavy atom. The van der Waals surface area contributed by atoms with Crippen LogP contribution in [0.15, 0.2) is 30.3 Å². The maximum Gasteiger partial charge on any atom is 0.111 e. The van der Waals surface area contributed by atoms with Crippen LogP contribution in [0.5, 0.6) is 0 Å². The molecule has 0 radical (unpaired) electrons. The van der Waals surface area contributed by atoms with Crippen molar-refractivity contribution < 1.29 is 4.74 Å². The summed E-state index contributed by atoms with van der Waals surface area (Å²) in [5.74, 6) is 2.28. The number of rotatable bonds is 2. The van der Waals surface area contributed by atoms with Crippen molar-refractivity contribution in [2.45, 2.75) is 70.7 Å². The van der Waals surface area contributed by atoms with Gasteiger partial charge in [-0.15, -0.1) is 0 Å². The first-order valence-corrected chi connectivity index (χ1v) is 9.50. The standard InChI is InChI=1S/C21H31NO/c1-15-9-10-18-19(11-15)23-20-13-17(14-22(20)21(18,2)3)12-16-7-5-4-6-8-16/h4-8,15,17-20H,9-14H2,1-3H3/t15-,17+,18-,19-,20+/m1/s1. The molecule has 0 bridgehead atoms. The van der Waals surface area contributed by atoms with E-state index in [4.69, 9.17) is 4.74 Å². The fourth-order valence-electron chi connectivity index (χ4n) is 5.42.